The van der Waals surface area contributed by atoms with Gasteiger partial charge in [0, 0.05) is 0 Å². The third kappa shape index (κ3) is 1.89. The van der Waals surface area contributed by atoms with Crippen LogP contribution in [0.2, 0.25) is 0 Å². The number of epoxide rings is 1. The molecule has 15 heteroatoms. The molecule has 132 valence electrons. The maximum Gasteiger partial charge on any atom is 0.460 e. The van der Waals surface area contributed by atoms with Crippen molar-refractivity contribution in [2.75, 3.05) is 0 Å². The molecule has 1 nitrogen and oxygen atoms in total. The molecule has 0 bridgehead atoms. The van der Waals surface area contributed by atoms with Crippen molar-refractivity contribution < 1.29 is 66.2 Å². The Balaban J connectivity index is 3.40. The molecular formula is C7F14O. The Bertz CT molecular complexity index is 462. The van der Waals surface area contributed by atoms with Crippen molar-refractivity contribution in [2.45, 2.75) is 41.8 Å². The Hall–Kier alpha value is -1.02. The first-order valence-corrected chi connectivity index (χ1v) is 4.55. The van der Waals surface area contributed by atoms with Crippen LogP contribution in [0, 0.1) is 0 Å². The van der Waals surface area contributed by atoms with Crippen LogP contribution in [0.4, 0.5) is 61.5 Å². The van der Waals surface area contributed by atoms with Gasteiger partial charge in [-0.2, -0.15) is 61.5 Å². The average Bonchev–Trinajstić information content (AvgIpc) is 2.77. The summed E-state index contributed by atoms with van der Waals surface area (Å²) in [5.74, 6) is -37.2. The van der Waals surface area contributed by atoms with Crippen LogP contribution >= 0.6 is 0 Å². The number of hydrogen-bond donors (Lipinski definition) is 0. The fourth-order valence-corrected chi connectivity index (χ4v) is 1.17. The van der Waals surface area contributed by atoms with Gasteiger partial charge in [0.2, 0.25) is 0 Å². The lowest BCUT2D eigenvalue weighted by Gasteiger charge is -2.37. The summed E-state index contributed by atoms with van der Waals surface area (Å²) in [7, 11) is 0. The van der Waals surface area contributed by atoms with Gasteiger partial charge in [0.25, 0.3) is 0 Å². The van der Waals surface area contributed by atoms with Gasteiger partial charge in [-0.25, -0.2) is 0 Å². The minimum atomic E-state index is -7.97. The molecule has 0 aromatic carbocycles. The van der Waals surface area contributed by atoms with Crippen LogP contribution in [0.15, 0.2) is 0 Å². The molecule has 1 fully saturated rings. The summed E-state index contributed by atoms with van der Waals surface area (Å²) in [4.78, 5) is 0. The van der Waals surface area contributed by atoms with Gasteiger partial charge in [0.1, 0.15) is 0 Å². The Morgan fingerprint density at radius 3 is 1.09 bits per heavy atom. The number of rotatable bonds is 4. The van der Waals surface area contributed by atoms with Gasteiger partial charge in [-0.1, -0.05) is 0 Å². The van der Waals surface area contributed by atoms with Gasteiger partial charge in [-0.15, -0.1) is 0 Å². The average molecular weight is 366 g/mol. The van der Waals surface area contributed by atoms with Crippen molar-refractivity contribution in [1.82, 2.24) is 0 Å². The van der Waals surface area contributed by atoms with Crippen LogP contribution < -0.4 is 0 Å². The molecule has 1 aliphatic rings. The van der Waals surface area contributed by atoms with E-state index in [4.69, 9.17) is 0 Å². The highest BCUT2D eigenvalue weighted by Crippen LogP contribution is 2.68. The molecule has 0 radical (unpaired) electrons. The molecule has 0 aromatic rings. The Morgan fingerprint density at radius 1 is 0.545 bits per heavy atom. The highest BCUT2D eigenvalue weighted by atomic mass is 19.4. The highest BCUT2D eigenvalue weighted by Gasteiger charge is 2.99. The molecule has 1 rings (SSSR count). The fourth-order valence-electron chi connectivity index (χ4n) is 1.17. The van der Waals surface area contributed by atoms with Crippen LogP contribution in [0.5, 0.6) is 0 Å². The lowest BCUT2D eigenvalue weighted by molar-refractivity contribution is -0.432. The molecular weight excluding hydrogens is 366 g/mol. The van der Waals surface area contributed by atoms with Gasteiger partial charge in [-0.05, 0) is 0 Å². The smallest absolute Gasteiger partial charge is 0.265 e. The first-order valence-electron chi connectivity index (χ1n) is 4.55. The third-order valence-corrected chi connectivity index (χ3v) is 2.54. The molecule has 22 heavy (non-hydrogen) atoms. The second kappa shape index (κ2) is 4.08. The highest BCUT2D eigenvalue weighted by molar-refractivity contribution is 5.16. The van der Waals surface area contributed by atoms with E-state index in [2.05, 4.69) is 4.74 Å². The van der Waals surface area contributed by atoms with Crippen molar-refractivity contribution in [3.63, 3.8) is 0 Å². The molecule has 0 aromatic heterocycles. The SMILES string of the molecule is FC(F)(F)C(F)(F)C(F)(F)C(F)(F)C(F)(F)C1(F)OC1(F)F. The largest absolute Gasteiger partial charge is 0.460 e. The minimum Gasteiger partial charge on any atom is -0.265 e. The molecule has 1 saturated heterocycles. The maximum atomic E-state index is 12.8. The van der Waals surface area contributed by atoms with E-state index >= 15 is 0 Å². The van der Waals surface area contributed by atoms with Crippen LogP contribution in [-0.2, 0) is 4.74 Å². The lowest BCUT2D eigenvalue weighted by Crippen LogP contribution is -2.69. The number of alkyl halides is 14. The third-order valence-electron chi connectivity index (χ3n) is 2.54. The Labute approximate surface area is 109 Å². The first kappa shape index (κ1) is 19.0. The van der Waals surface area contributed by atoms with E-state index in [1.807, 2.05) is 0 Å². The molecule has 0 amide bonds. The molecule has 0 aliphatic carbocycles. The summed E-state index contributed by atoms with van der Waals surface area (Å²) < 4.78 is 175. The summed E-state index contributed by atoms with van der Waals surface area (Å²) in [6.07, 6.45) is -13.3. The minimum absolute atomic E-state index is 2.15. The van der Waals surface area contributed by atoms with Gasteiger partial charge < -0.3 is 0 Å². The normalized spacial score (nSPS) is 27.0. The fraction of sp³-hybridized carbons (Fsp3) is 1.00. The summed E-state index contributed by atoms with van der Waals surface area (Å²) in [6.45, 7) is 0. The zero-order valence-electron chi connectivity index (χ0n) is 9.20. The molecule has 1 atom stereocenters. The maximum absolute atomic E-state index is 12.8. The molecule has 1 heterocycles. The molecule has 1 unspecified atom stereocenters. The second-order valence-corrected chi connectivity index (χ2v) is 4.01. The second-order valence-electron chi connectivity index (χ2n) is 4.01. The molecule has 0 saturated carbocycles. The summed E-state index contributed by atoms with van der Waals surface area (Å²) in [5.41, 5.74) is 0. The summed E-state index contributed by atoms with van der Waals surface area (Å²) in [5, 5.41) is 0. The Kier molecular flexibility index (Phi) is 3.53. The van der Waals surface area contributed by atoms with Crippen molar-refractivity contribution in [3.8, 4) is 0 Å². The number of halogens is 14. The predicted octanol–water partition coefficient (Wildman–Crippen LogP) is 4.38. The number of hydrogen-bond acceptors (Lipinski definition) is 1. The molecule has 1 aliphatic heterocycles. The standard InChI is InChI=1S/C7F14O/c8-1(9,2(10,11)4(14,15)6(17,18)19)3(12,13)5(16)7(20,21)22-5. The van der Waals surface area contributed by atoms with E-state index in [0.717, 1.165) is 0 Å². The summed E-state index contributed by atoms with van der Waals surface area (Å²) >= 11 is 0. The van der Waals surface area contributed by atoms with E-state index in [0.29, 0.717) is 0 Å². The van der Waals surface area contributed by atoms with E-state index in [1.165, 1.54) is 0 Å². The lowest BCUT2D eigenvalue weighted by atomic mass is 9.95. The van der Waals surface area contributed by atoms with Crippen LogP contribution in [0.3, 0.4) is 0 Å². The predicted molar refractivity (Wildman–Crippen MR) is 35.7 cm³/mol. The van der Waals surface area contributed by atoms with Crippen molar-refractivity contribution in [1.29, 1.82) is 0 Å². The van der Waals surface area contributed by atoms with Gasteiger partial charge in [0.15, 0.2) is 0 Å². The van der Waals surface area contributed by atoms with Crippen LogP contribution in [-0.4, -0.2) is 41.8 Å². The summed E-state index contributed by atoms with van der Waals surface area (Å²) in [6, 6.07) is 0. The van der Waals surface area contributed by atoms with Gasteiger partial charge in [-0.3, -0.25) is 4.74 Å². The van der Waals surface area contributed by atoms with Crippen LogP contribution in [0.1, 0.15) is 0 Å². The quantitative estimate of drug-likeness (QED) is 0.532. The van der Waals surface area contributed by atoms with E-state index < -0.39 is 41.8 Å². The molecule has 0 N–H and O–H groups in total. The van der Waals surface area contributed by atoms with Crippen LogP contribution in [0.25, 0.3) is 0 Å². The van der Waals surface area contributed by atoms with Gasteiger partial charge >= 0.3 is 41.8 Å². The molecule has 0 spiro atoms. The number of ether oxygens (including phenoxy) is 1. The van der Waals surface area contributed by atoms with Crippen molar-refractivity contribution in [3.05, 3.63) is 0 Å². The Morgan fingerprint density at radius 2 is 0.864 bits per heavy atom. The van der Waals surface area contributed by atoms with E-state index in [-0.39, 0.29) is 0 Å². The van der Waals surface area contributed by atoms with E-state index in [1.54, 1.807) is 0 Å². The zero-order valence-corrected chi connectivity index (χ0v) is 9.20. The first-order chi connectivity index (χ1) is 9.21. The zero-order chi connectivity index (χ0) is 18.2. The monoisotopic (exact) mass is 366 g/mol. The van der Waals surface area contributed by atoms with E-state index in [9.17, 15) is 61.5 Å². The van der Waals surface area contributed by atoms with Crippen molar-refractivity contribution >= 4 is 0 Å². The van der Waals surface area contributed by atoms with Gasteiger partial charge in [0.05, 0.1) is 0 Å². The van der Waals surface area contributed by atoms with Crippen molar-refractivity contribution in [2.24, 2.45) is 0 Å². The topological polar surface area (TPSA) is 12.5 Å².